The van der Waals surface area contributed by atoms with E-state index in [9.17, 15) is 4.79 Å². The lowest BCUT2D eigenvalue weighted by atomic mass is 10.0. The molecule has 0 unspecified atom stereocenters. The Labute approximate surface area is 142 Å². The van der Waals surface area contributed by atoms with Crippen molar-refractivity contribution >= 4 is 16.9 Å². The minimum Gasteiger partial charge on any atom is -0.356 e. The summed E-state index contributed by atoms with van der Waals surface area (Å²) in [5.74, 6) is 0.997. The fraction of sp³-hybridized carbons (Fsp3) is 0.300. The van der Waals surface area contributed by atoms with Crippen LogP contribution < -0.4 is 5.32 Å². The molecule has 0 aliphatic heterocycles. The number of para-hydroxylation sites is 2. The first-order chi connectivity index (χ1) is 11.6. The second-order valence-corrected chi connectivity index (χ2v) is 6.23. The van der Waals surface area contributed by atoms with E-state index in [-0.39, 0.29) is 5.91 Å². The minimum atomic E-state index is 0.0890. The Bertz CT molecular complexity index is 818. The monoisotopic (exact) mass is 321 g/mol. The molecule has 24 heavy (non-hydrogen) atoms. The number of hydrogen-bond acceptors (Lipinski definition) is 2. The smallest absolute Gasteiger partial charge is 0.220 e. The van der Waals surface area contributed by atoms with Crippen molar-refractivity contribution in [2.75, 3.05) is 6.54 Å². The summed E-state index contributed by atoms with van der Waals surface area (Å²) in [6.07, 6.45) is 2.01. The number of nitrogens with zero attached hydrogens (tertiary/aromatic N) is 1. The summed E-state index contributed by atoms with van der Waals surface area (Å²) in [7, 11) is 0. The normalized spacial score (nSPS) is 10.9. The minimum absolute atomic E-state index is 0.0890. The number of aromatic amines is 1. The average Bonchev–Trinajstić information content (AvgIpc) is 2.96. The number of nitrogens with one attached hydrogen (secondary N) is 2. The molecule has 3 rings (SSSR count). The molecule has 2 aromatic carbocycles. The second kappa shape index (κ2) is 7.30. The lowest BCUT2D eigenvalue weighted by molar-refractivity contribution is -0.121. The van der Waals surface area contributed by atoms with Gasteiger partial charge in [0.1, 0.15) is 5.82 Å². The van der Waals surface area contributed by atoms with Crippen molar-refractivity contribution < 1.29 is 4.79 Å². The molecule has 0 aliphatic carbocycles. The molecule has 3 aromatic rings. The summed E-state index contributed by atoms with van der Waals surface area (Å²) in [4.78, 5) is 19.8. The van der Waals surface area contributed by atoms with Crippen LogP contribution in [0.4, 0.5) is 0 Å². The number of fused-ring (bicyclic) bond motifs is 1. The number of carbonyl (C=O) groups is 1. The van der Waals surface area contributed by atoms with E-state index in [1.54, 1.807) is 0 Å². The highest BCUT2D eigenvalue weighted by atomic mass is 16.1. The van der Waals surface area contributed by atoms with Crippen LogP contribution >= 0.6 is 0 Å². The number of aromatic nitrogens is 2. The molecule has 1 amide bonds. The zero-order valence-electron chi connectivity index (χ0n) is 14.2. The Morgan fingerprint density at radius 2 is 1.96 bits per heavy atom. The molecule has 4 heteroatoms. The molecule has 0 saturated carbocycles. The van der Waals surface area contributed by atoms with Gasteiger partial charge >= 0.3 is 0 Å². The number of hydrogen-bond donors (Lipinski definition) is 2. The number of imidazole rings is 1. The van der Waals surface area contributed by atoms with Crippen LogP contribution in [0, 0.1) is 13.8 Å². The summed E-state index contributed by atoms with van der Waals surface area (Å²) in [6.45, 7) is 4.79. The Morgan fingerprint density at radius 3 is 2.75 bits per heavy atom. The van der Waals surface area contributed by atoms with Crippen LogP contribution in [-0.2, 0) is 17.6 Å². The SMILES string of the molecule is Cc1ccc(CCC(=O)NCCc2nc3ccccc3[nH]2)c(C)c1. The van der Waals surface area contributed by atoms with Gasteiger partial charge in [-0.15, -0.1) is 0 Å². The molecule has 0 radical (unpaired) electrons. The van der Waals surface area contributed by atoms with Gasteiger partial charge in [-0.2, -0.15) is 0 Å². The lowest BCUT2D eigenvalue weighted by Gasteiger charge is -2.07. The molecule has 2 N–H and O–H groups in total. The maximum absolute atomic E-state index is 12.0. The van der Waals surface area contributed by atoms with Gasteiger partial charge in [-0.3, -0.25) is 4.79 Å². The Balaban J connectivity index is 1.45. The molecule has 0 saturated heterocycles. The van der Waals surface area contributed by atoms with Gasteiger partial charge < -0.3 is 10.3 Å². The lowest BCUT2D eigenvalue weighted by Crippen LogP contribution is -2.26. The van der Waals surface area contributed by atoms with Crippen LogP contribution in [0.5, 0.6) is 0 Å². The van der Waals surface area contributed by atoms with Gasteiger partial charge in [0, 0.05) is 19.4 Å². The van der Waals surface area contributed by atoms with Gasteiger partial charge in [-0.1, -0.05) is 35.9 Å². The Hall–Kier alpha value is -2.62. The molecule has 0 fully saturated rings. The summed E-state index contributed by atoms with van der Waals surface area (Å²) < 4.78 is 0. The summed E-state index contributed by atoms with van der Waals surface area (Å²) >= 11 is 0. The molecule has 1 aromatic heterocycles. The standard InChI is InChI=1S/C20H23N3O/c1-14-7-8-16(15(2)13-14)9-10-20(24)21-12-11-19-22-17-5-3-4-6-18(17)23-19/h3-8,13H,9-12H2,1-2H3,(H,21,24)(H,22,23). The first-order valence-corrected chi connectivity index (χ1v) is 8.38. The third kappa shape index (κ3) is 4.02. The van der Waals surface area contributed by atoms with E-state index < -0.39 is 0 Å². The van der Waals surface area contributed by atoms with Crippen molar-refractivity contribution in [3.05, 3.63) is 65.0 Å². The summed E-state index contributed by atoms with van der Waals surface area (Å²) in [5, 5.41) is 2.98. The van der Waals surface area contributed by atoms with E-state index in [1.165, 1.54) is 16.7 Å². The van der Waals surface area contributed by atoms with Crippen LogP contribution in [0.15, 0.2) is 42.5 Å². The van der Waals surface area contributed by atoms with Crippen molar-refractivity contribution in [3.63, 3.8) is 0 Å². The van der Waals surface area contributed by atoms with Crippen molar-refractivity contribution in [2.24, 2.45) is 0 Å². The molecule has 0 spiro atoms. The Kier molecular flexibility index (Phi) is 4.94. The predicted octanol–water partition coefficient (Wildman–Crippen LogP) is 3.47. The fourth-order valence-electron chi connectivity index (χ4n) is 2.91. The largest absolute Gasteiger partial charge is 0.356 e. The van der Waals surface area contributed by atoms with Crippen LogP contribution in [0.25, 0.3) is 11.0 Å². The van der Waals surface area contributed by atoms with Gasteiger partial charge in [0.15, 0.2) is 0 Å². The van der Waals surface area contributed by atoms with E-state index in [2.05, 4.69) is 47.3 Å². The average molecular weight is 321 g/mol. The number of carbonyl (C=O) groups excluding carboxylic acids is 1. The maximum Gasteiger partial charge on any atom is 0.220 e. The molecular weight excluding hydrogens is 298 g/mol. The van der Waals surface area contributed by atoms with E-state index in [1.807, 2.05) is 24.3 Å². The molecule has 0 bridgehead atoms. The Morgan fingerprint density at radius 1 is 1.12 bits per heavy atom. The third-order valence-electron chi connectivity index (χ3n) is 4.24. The zero-order valence-corrected chi connectivity index (χ0v) is 14.2. The van der Waals surface area contributed by atoms with Crippen molar-refractivity contribution in [3.8, 4) is 0 Å². The molecule has 124 valence electrons. The van der Waals surface area contributed by atoms with Crippen molar-refractivity contribution in [1.82, 2.24) is 15.3 Å². The predicted molar refractivity (Wildman–Crippen MR) is 97.0 cm³/mol. The molecule has 1 heterocycles. The van der Waals surface area contributed by atoms with E-state index in [0.717, 1.165) is 23.3 Å². The number of amides is 1. The number of H-pyrrole nitrogens is 1. The van der Waals surface area contributed by atoms with Gasteiger partial charge in [-0.25, -0.2) is 4.98 Å². The first kappa shape index (κ1) is 16.2. The topological polar surface area (TPSA) is 57.8 Å². The van der Waals surface area contributed by atoms with Crippen LogP contribution in [0.3, 0.4) is 0 Å². The van der Waals surface area contributed by atoms with Crippen molar-refractivity contribution in [2.45, 2.75) is 33.1 Å². The third-order valence-corrected chi connectivity index (χ3v) is 4.24. The van der Waals surface area contributed by atoms with Crippen LogP contribution in [0.1, 0.15) is 28.9 Å². The number of aryl methyl sites for hydroxylation is 3. The van der Waals surface area contributed by atoms with Gasteiger partial charge in [-0.05, 0) is 43.5 Å². The first-order valence-electron chi connectivity index (χ1n) is 8.38. The van der Waals surface area contributed by atoms with Gasteiger partial charge in [0.2, 0.25) is 5.91 Å². The fourth-order valence-corrected chi connectivity index (χ4v) is 2.91. The van der Waals surface area contributed by atoms with Gasteiger partial charge in [0.25, 0.3) is 0 Å². The second-order valence-electron chi connectivity index (χ2n) is 6.23. The molecule has 0 atom stereocenters. The van der Waals surface area contributed by atoms with E-state index in [0.29, 0.717) is 19.4 Å². The van der Waals surface area contributed by atoms with Crippen LogP contribution in [-0.4, -0.2) is 22.4 Å². The molecule has 4 nitrogen and oxygen atoms in total. The van der Waals surface area contributed by atoms with Crippen molar-refractivity contribution in [1.29, 1.82) is 0 Å². The quantitative estimate of drug-likeness (QED) is 0.730. The maximum atomic E-state index is 12.0. The number of rotatable bonds is 6. The van der Waals surface area contributed by atoms with Crippen LogP contribution in [0.2, 0.25) is 0 Å². The highest BCUT2D eigenvalue weighted by Crippen LogP contribution is 2.13. The molecule has 0 aliphatic rings. The highest BCUT2D eigenvalue weighted by Gasteiger charge is 2.06. The zero-order chi connectivity index (χ0) is 16.9. The number of benzene rings is 2. The highest BCUT2D eigenvalue weighted by molar-refractivity contribution is 5.76. The van der Waals surface area contributed by atoms with Gasteiger partial charge in [0.05, 0.1) is 11.0 Å². The summed E-state index contributed by atoms with van der Waals surface area (Å²) in [5.41, 5.74) is 5.76. The summed E-state index contributed by atoms with van der Waals surface area (Å²) in [6, 6.07) is 14.3. The van der Waals surface area contributed by atoms with E-state index >= 15 is 0 Å². The molecular formula is C20H23N3O. The van der Waals surface area contributed by atoms with E-state index in [4.69, 9.17) is 0 Å².